The second kappa shape index (κ2) is 12.4. The largest absolute Gasteiger partial charge is 0.456 e. The van der Waals surface area contributed by atoms with Crippen LogP contribution in [0.2, 0.25) is 0 Å². The van der Waals surface area contributed by atoms with Gasteiger partial charge in [0.05, 0.1) is 0 Å². The van der Waals surface area contributed by atoms with Gasteiger partial charge in [0.1, 0.15) is 11.2 Å². The molecule has 0 aliphatic heterocycles. The van der Waals surface area contributed by atoms with Crippen molar-refractivity contribution in [1.82, 2.24) is 15.0 Å². The highest BCUT2D eigenvalue weighted by Crippen LogP contribution is 2.42. The SMILES string of the molecule is c1ccc2cc(-c3nc(-c4ccc5ccc6ccccc6c5c4)nc(-c4ccc(-c5cccc6oc7cc8ccccc8cc7c56)c5ccccc45)n3)ccc2c1. The maximum absolute atomic E-state index is 6.49. The fraction of sp³-hybridized carbons (Fsp3) is 0. The summed E-state index contributed by atoms with van der Waals surface area (Å²) in [5.41, 5.74) is 6.84. The molecule has 0 unspecified atom stereocenters. The lowest BCUT2D eigenvalue weighted by atomic mass is 9.92. The van der Waals surface area contributed by atoms with Crippen molar-refractivity contribution in [2.75, 3.05) is 0 Å². The van der Waals surface area contributed by atoms with Crippen LogP contribution >= 0.6 is 0 Å². The molecule has 10 aromatic carbocycles. The van der Waals surface area contributed by atoms with E-state index in [0.717, 1.165) is 71.3 Å². The lowest BCUT2D eigenvalue weighted by Crippen LogP contribution is -2.01. The molecule has 12 rings (SSSR count). The third kappa shape index (κ3) is 5.12. The van der Waals surface area contributed by atoms with Crippen LogP contribution in [0.5, 0.6) is 0 Å². The minimum Gasteiger partial charge on any atom is -0.456 e. The first-order chi connectivity index (χ1) is 28.2. The Labute approximate surface area is 327 Å². The Morgan fingerprint density at radius 3 is 1.60 bits per heavy atom. The molecule has 2 heterocycles. The van der Waals surface area contributed by atoms with Gasteiger partial charge >= 0.3 is 0 Å². The summed E-state index contributed by atoms with van der Waals surface area (Å²) in [6.45, 7) is 0. The van der Waals surface area contributed by atoms with Crippen molar-refractivity contribution in [3.05, 3.63) is 188 Å². The summed E-state index contributed by atoms with van der Waals surface area (Å²) in [6, 6.07) is 66.4. The van der Waals surface area contributed by atoms with Gasteiger partial charge in [0.15, 0.2) is 17.5 Å². The molecule has 2 aromatic heterocycles. The van der Waals surface area contributed by atoms with Gasteiger partial charge in [-0.05, 0) is 101 Å². The summed E-state index contributed by atoms with van der Waals surface area (Å²) in [5, 5.41) is 13.8. The Bertz CT molecular complexity index is 3600. The first kappa shape index (κ1) is 31.6. The number of rotatable bonds is 4. The Kier molecular flexibility index (Phi) is 6.89. The zero-order chi connectivity index (χ0) is 37.5. The van der Waals surface area contributed by atoms with Gasteiger partial charge in [-0.15, -0.1) is 0 Å². The molecule has 0 bridgehead atoms. The third-order valence-electron chi connectivity index (χ3n) is 11.5. The molecule has 264 valence electrons. The molecule has 0 radical (unpaired) electrons. The highest BCUT2D eigenvalue weighted by atomic mass is 16.3. The van der Waals surface area contributed by atoms with Crippen LogP contribution < -0.4 is 0 Å². The molecule has 0 amide bonds. The lowest BCUT2D eigenvalue weighted by molar-refractivity contribution is 0.669. The fourth-order valence-electron chi connectivity index (χ4n) is 8.69. The van der Waals surface area contributed by atoms with Gasteiger partial charge in [-0.1, -0.05) is 152 Å². The van der Waals surface area contributed by atoms with Gasteiger partial charge < -0.3 is 4.42 Å². The second-order valence-corrected chi connectivity index (χ2v) is 14.8. The van der Waals surface area contributed by atoms with E-state index >= 15 is 0 Å². The standard InChI is InChI=1S/C53H31N3O/c1-2-12-35-28-38(24-20-32(35)10-1)51-54-52(39-25-23-34-22-21-33-11-5-6-15-40(33)46(34)30-39)56-53(55-51)45-27-26-43(41-16-7-8-17-42(41)45)44-18-9-19-48-50(44)47-29-36-13-3-4-14-37(36)31-49(47)57-48/h1-31H. The number of hydrogen-bond acceptors (Lipinski definition) is 4. The van der Waals surface area contributed by atoms with Crippen LogP contribution in [0.1, 0.15) is 0 Å². The molecule has 0 fully saturated rings. The minimum absolute atomic E-state index is 0.627. The van der Waals surface area contributed by atoms with E-state index in [1.807, 2.05) is 0 Å². The third-order valence-corrected chi connectivity index (χ3v) is 11.5. The number of aromatic nitrogens is 3. The van der Waals surface area contributed by atoms with Crippen LogP contribution in [0.3, 0.4) is 0 Å². The summed E-state index contributed by atoms with van der Waals surface area (Å²) in [5.74, 6) is 1.89. The van der Waals surface area contributed by atoms with Crippen LogP contribution in [0.25, 0.3) is 121 Å². The summed E-state index contributed by atoms with van der Waals surface area (Å²) < 4.78 is 6.49. The summed E-state index contributed by atoms with van der Waals surface area (Å²) in [6.07, 6.45) is 0. The predicted octanol–water partition coefficient (Wildman–Crippen LogP) is 14.2. The molecular formula is C53H31N3O. The normalized spacial score (nSPS) is 11.9. The van der Waals surface area contributed by atoms with Crippen molar-refractivity contribution >= 4 is 75.8 Å². The van der Waals surface area contributed by atoms with E-state index in [9.17, 15) is 0 Å². The van der Waals surface area contributed by atoms with Crippen molar-refractivity contribution in [2.45, 2.75) is 0 Å². The Hall–Kier alpha value is -7.69. The average molecular weight is 726 g/mol. The molecule has 0 saturated heterocycles. The van der Waals surface area contributed by atoms with E-state index < -0.39 is 0 Å². The molecule has 57 heavy (non-hydrogen) atoms. The van der Waals surface area contributed by atoms with E-state index in [1.165, 1.54) is 32.3 Å². The first-order valence-corrected chi connectivity index (χ1v) is 19.3. The van der Waals surface area contributed by atoms with Crippen LogP contribution in [0.15, 0.2) is 192 Å². The van der Waals surface area contributed by atoms with Gasteiger partial charge in [0.25, 0.3) is 0 Å². The average Bonchev–Trinajstić information content (AvgIpc) is 3.65. The minimum atomic E-state index is 0.627. The number of fused-ring (bicyclic) bond motifs is 9. The maximum atomic E-state index is 6.49. The number of nitrogens with zero attached hydrogens (tertiary/aromatic N) is 3. The van der Waals surface area contributed by atoms with Crippen LogP contribution in [0.4, 0.5) is 0 Å². The smallest absolute Gasteiger partial charge is 0.164 e. The molecule has 0 aliphatic carbocycles. The fourth-order valence-corrected chi connectivity index (χ4v) is 8.69. The van der Waals surface area contributed by atoms with Gasteiger partial charge in [0, 0.05) is 27.5 Å². The zero-order valence-corrected chi connectivity index (χ0v) is 30.6. The van der Waals surface area contributed by atoms with Crippen LogP contribution in [0, 0.1) is 0 Å². The Balaban J connectivity index is 1.08. The maximum Gasteiger partial charge on any atom is 0.164 e. The van der Waals surface area contributed by atoms with Gasteiger partial charge in [-0.2, -0.15) is 0 Å². The lowest BCUT2D eigenvalue weighted by Gasteiger charge is -2.14. The van der Waals surface area contributed by atoms with Crippen LogP contribution in [-0.2, 0) is 0 Å². The zero-order valence-electron chi connectivity index (χ0n) is 30.6. The number of furan rings is 1. The van der Waals surface area contributed by atoms with Gasteiger partial charge in [-0.25, -0.2) is 15.0 Å². The Morgan fingerprint density at radius 1 is 0.281 bits per heavy atom. The van der Waals surface area contributed by atoms with Crippen molar-refractivity contribution in [3.8, 4) is 45.3 Å². The van der Waals surface area contributed by atoms with E-state index in [4.69, 9.17) is 19.4 Å². The molecule has 0 saturated carbocycles. The summed E-state index contributed by atoms with van der Waals surface area (Å²) in [4.78, 5) is 15.7. The molecule has 0 spiro atoms. The van der Waals surface area contributed by atoms with E-state index in [-0.39, 0.29) is 0 Å². The van der Waals surface area contributed by atoms with Crippen LogP contribution in [-0.4, -0.2) is 15.0 Å². The first-order valence-electron chi connectivity index (χ1n) is 19.3. The predicted molar refractivity (Wildman–Crippen MR) is 236 cm³/mol. The molecular weight excluding hydrogens is 695 g/mol. The molecule has 4 nitrogen and oxygen atoms in total. The molecule has 0 atom stereocenters. The molecule has 0 N–H and O–H groups in total. The highest BCUT2D eigenvalue weighted by molar-refractivity contribution is 6.18. The van der Waals surface area contributed by atoms with E-state index in [0.29, 0.717) is 17.5 Å². The second-order valence-electron chi connectivity index (χ2n) is 14.8. The van der Waals surface area contributed by atoms with E-state index in [2.05, 4.69) is 188 Å². The van der Waals surface area contributed by atoms with Gasteiger partial charge in [-0.3, -0.25) is 0 Å². The monoisotopic (exact) mass is 725 g/mol. The summed E-state index contributed by atoms with van der Waals surface area (Å²) >= 11 is 0. The van der Waals surface area contributed by atoms with Gasteiger partial charge in [0.2, 0.25) is 0 Å². The van der Waals surface area contributed by atoms with Crippen molar-refractivity contribution in [3.63, 3.8) is 0 Å². The molecule has 0 aliphatic rings. The number of benzene rings is 10. The Morgan fingerprint density at radius 2 is 0.825 bits per heavy atom. The van der Waals surface area contributed by atoms with Crippen molar-refractivity contribution in [1.29, 1.82) is 0 Å². The summed E-state index contributed by atoms with van der Waals surface area (Å²) in [7, 11) is 0. The number of hydrogen-bond donors (Lipinski definition) is 0. The van der Waals surface area contributed by atoms with Crippen molar-refractivity contribution in [2.24, 2.45) is 0 Å². The molecule has 4 heteroatoms. The topological polar surface area (TPSA) is 51.8 Å². The highest BCUT2D eigenvalue weighted by Gasteiger charge is 2.19. The molecule has 12 aromatic rings. The van der Waals surface area contributed by atoms with Crippen molar-refractivity contribution < 1.29 is 4.42 Å². The van der Waals surface area contributed by atoms with E-state index in [1.54, 1.807) is 0 Å². The quantitative estimate of drug-likeness (QED) is 0.170.